The van der Waals surface area contributed by atoms with Gasteiger partial charge in [0, 0.05) is 6.04 Å². The Labute approximate surface area is 124 Å². The lowest BCUT2D eigenvalue weighted by Gasteiger charge is -2.23. The molecule has 0 saturated heterocycles. The number of nitrogens with one attached hydrogen (secondary N) is 1. The summed E-state index contributed by atoms with van der Waals surface area (Å²) in [6.45, 7) is 1.96. The van der Waals surface area contributed by atoms with E-state index in [0.717, 1.165) is 11.1 Å². The molecule has 2 N–H and O–H groups in total. The lowest BCUT2D eigenvalue weighted by molar-refractivity contribution is 0.235. The van der Waals surface area contributed by atoms with E-state index in [9.17, 15) is 9.50 Å². The molecule has 4 heteroatoms. The molecule has 2 atom stereocenters. The van der Waals surface area contributed by atoms with E-state index in [1.54, 1.807) is 12.1 Å². The molecule has 0 amide bonds. The van der Waals surface area contributed by atoms with Gasteiger partial charge in [-0.1, -0.05) is 36.4 Å². The third-order valence-corrected chi connectivity index (χ3v) is 3.51. The lowest BCUT2D eigenvalue weighted by atomic mass is 10.0. The molecule has 0 aromatic heterocycles. The minimum absolute atomic E-state index is 0.00726. The van der Waals surface area contributed by atoms with Gasteiger partial charge in [0.15, 0.2) is 11.6 Å². The summed E-state index contributed by atoms with van der Waals surface area (Å²) in [4.78, 5) is 0. The van der Waals surface area contributed by atoms with Crippen molar-refractivity contribution in [2.75, 3.05) is 13.7 Å². The molecule has 0 aliphatic heterocycles. The Morgan fingerprint density at radius 1 is 1.14 bits per heavy atom. The second-order valence-corrected chi connectivity index (χ2v) is 4.93. The SMILES string of the molecule is COc1cc(C(C)N[C@H](CO)c2ccccc2)ccc1F. The molecule has 1 unspecified atom stereocenters. The Hall–Kier alpha value is -1.91. The number of aliphatic hydroxyl groups is 1. The molecule has 0 fully saturated rings. The van der Waals surface area contributed by atoms with E-state index in [0.29, 0.717) is 0 Å². The van der Waals surface area contributed by atoms with Crippen LogP contribution in [0.3, 0.4) is 0 Å². The van der Waals surface area contributed by atoms with Gasteiger partial charge in [-0.15, -0.1) is 0 Å². The molecule has 0 bridgehead atoms. The van der Waals surface area contributed by atoms with Crippen LogP contribution in [0, 0.1) is 5.82 Å². The van der Waals surface area contributed by atoms with Gasteiger partial charge in [0.05, 0.1) is 19.8 Å². The van der Waals surface area contributed by atoms with Crippen molar-refractivity contribution in [3.05, 3.63) is 65.5 Å². The van der Waals surface area contributed by atoms with Crippen LogP contribution in [0.5, 0.6) is 5.75 Å². The van der Waals surface area contributed by atoms with Crippen molar-refractivity contribution in [2.45, 2.75) is 19.0 Å². The summed E-state index contributed by atoms with van der Waals surface area (Å²) in [5.41, 5.74) is 1.92. The molecule has 0 saturated carbocycles. The van der Waals surface area contributed by atoms with Crippen molar-refractivity contribution < 1.29 is 14.2 Å². The van der Waals surface area contributed by atoms with E-state index in [1.807, 2.05) is 37.3 Å². The van der Waals surface area contributed by atoms with Gasteiger partial charge < -0.3 is 15.2 Å². The van der Waals surface area contributed by atoms with Crippen molar-refractivity contribution in [1.82, 2.24) is 5.32 Å². The van der Waals surface area contributed by atoms with Crippen LogP contribution < -0.4 is 10.1 Å². The smallest absolute Gasteiger partial charge is 0.165 e. The lowest BCUT2D eigenvalue weighted by Crippen LogP contribution is -2.27. The minimum Gasteiger partial charge on any atom is -0.494 e. The standard InChI is InChI=1S/C17H20FNO2/c1-12(14-8-9-15(18)17(10-14)21-2)19-16(11-20)13-6-4-3-5-7-13/h3-10,12,16,19-20H,11H2,1-2H3/t12?,16-/m1/s1. The predicted molar refractivity (Wildman–Crippen MR) is 80.8 cm³/mol. The molecule has 21 heavy (non-hydrogen) atoms. The van der Waals surface area contributed by atoms with Crippen molar-refractivity contribution in [3.8, 4) is 5.75 Å². The van der Waals surface area contributed by atoms with Crippen LogP contribution in [-0.2, 0) is 0 Å². The van der Waals surface area contributed by atoms with E-state index in [1.165, 1.54) is 13.2 Å². The maximum atomic E-state index is 13.4. The van der Waals surface area contributed by atoms with Crippen LogP contribution in [0.4, 0.5) is 4.39 Å². The van der Waals surface area contributed by atoms with E-state index in [4.69, 9.17) is 4.74 Å². The highest BCUT2D eigenvalue weighted by Crippen LogP contribution is 2.24. The van der Waals surface area contributed by atoms with Gasteiger partial charge >= 0.3 is 0 Å². The molecular formula is C17H20FNO2. The van der Waals surface area contributed by atoms with E-state index in [-0.39, 0.29) is 30.3 Å². The van der Waals surface area contributed by atoms with Crippen LogP contribution in [0.2, 0.25) is 0 Å². The first kappa shape index (κ1) is 15.5. The number of aliphatic hydroxyl groups excluding tert-OH is 1. The third kappa shape index (κ3) is 3.80. The monoisotopic (exact) mass is 289 g/mol. The fraction of sp³-hybridized carbons (Fsp3) is 0.294. The fourth-order valence-electron chi connectivity index (χ4n) is 2.28. The van der Waals surface area contributed by atoms with Gasteiger partial charge in [0.1, 0.15) is 0 Å². The average molecular weight is 289 g/mol. The van der Waals surface area contributed by atoms with Crippen molar-refractivity contribution in [2.24, 2.45) is 0 Å². The summed E-state index contributed by atoms with van der Waals surface area (Å²) in [6, 6.07) is 14.3. The van der Waals surface area contributed by atoms with Crippen molar-refractivity contribution in [3.63, 3.8) is 0 Å². The number of hydrogen-bond acceptors (Lipinski definition) is 3. The first-order chi connectivity index (χ1) is 10.2. The number of benzene rings is 2. The van der Waals surface area contributed by atoms with Crippen LogP contribution in [0.1, 0.15) is 30.1 Å². The number of rotatable bonds is 6. The number of ether oxygens (including phenoxy) is 1. The largest absolute Gasteiger partial charge is 0.494 e. The maximum absolute atomic E-state index is 13.4. The zero-order valence-electron chi connectivity index (χ0n) is 12.2. The highest BCUT2D eigenvalue weighted by atomic mass is 19.1. The molecule has 0 spiro atoms. The summed E-state index contributed by atoms with van der Waals surface area (Å²) in [5, 5.41) is 12.9. The number of hydrogen-bond donors (Lipinski definition) is 2. The minimum atomic E-state index is -0.379. The van der Waals surface area contributed by atoms with Gasteiger partial charge in [-0.25, -0.2) is 4.39 Å². The Morgan fingerprint density at radius 2 is 1.86 bits per heavy atom. The molecule has 0 radical (unpaired) electrons. The summed E-state index contributed by atoms with van der Waals surface area (Å²) in [5.74, 6) is -0.156. The van der Waals surface area contributed by atoms with Crippen molar-refractivity contribution >= 4 is 0 Å². The number of halogens is 1. The highest BCUT2D eigenvalue weighted by Gasteiger charge is 2.15. The average Bonchev–Trinajstić information content (AvgIpc) is 2.53. The maximum Gasteiger partial charge on any atom is 0.165 e. The molecule has 0 aliphatic carbocycles. The molecule has 3 nitrogen and oxygen atoms in total. The molecule has 2 aromatic rings. The van der Waals surface area contributed by atoms with Gasteiger partial charge in [-0.2, -0.15) is 0 Å². The van der Waals surface area contributed by atoms with E-state index >= 15 is 0 Å². The van der Waals surface area contributed by atoms with Crippen LogP contribution in [-0.4, -0.2) is 18.8 Å². The topological polar surface area (TPSA) is 41.5 Å². The quantitative estimate of drug-likeness (QED) is 0.858. The molecule has 0 aliphatic rings. The fourth-order valence-corrected chi connectivity index (χ4v) is 2.28. The molecule has 112 valence electrons. The molecule has 2 aromatic carbocycles. The Morgan fingerprint density at radius 3 is 2.48 bits per heavy atom. The van der Waals surface area contributed by atoms with Crippen LogP contribution in [0.15, 0.2) is 48.5 Å². The van der Waals surface area contributed by atoms with E-state index < -0.39 is 0 Å². The summed E-state index contributed by atoms with van der Waals surface area (Å²) in [6.07, 6.45) is 0. The predicted octanol–water partition coefficient (Wildman–Crippen LogP) is 3.22. The molecule has 0 heterocycles. The van der Waals surface area contributed by atoms with Crippen LogP contribution in [0.25, 0.3) is 0 Å². The zero-order chi connectivity index (χ0) is 15.2. The Bertz CT molecular complexity index is 574. The second-order valence-electron chi connectivity index (χ2n) is 4.93. The van der Waals surface area contributed by atoms with Gasteiger partial charge in [-0.3, -0.25) is 0 Å². The van der Waals surface area contributed by atoms with Crippen LogP contribution >= 0.6 is 0 Å². The third-order valence-electron chi connectivity index (χ3n) is 3.51. The summed E-state index contributed by atoms with van der Waals surface area (Å²) >= 11 is 0. The second kappa shape index (κ2) is 7.20. The first-order valence-electron chi connectivity index (χ1n) is 6.91. The van der Waals surface area contributed by atoms with Gasteiger partial charge in [0.25, 0.3) is 0 Å². The van der Waals surface area contributed by atoms with Gasteiger partial charge in [0.2, 0.25) is 0 Å². The summed E-state index contributed by atoms with van der Waals surface area (Å²) < 4.78 is 18.4. The van der Waals surface area contributed by atoms with Crippen molar-refractivity contribution in [1.29, 1.82) is 0 Å². The number of methoxy groups -OCH3 is 1. The molecular weight excluding hydrogens is 269 g/mol. The summed E-state index contributed by atoms with van der Waals surface area (Å²) in [7, 11) is 1.45. The Kier molecular flexibility index (Phi) is 5.31. The first-order valence-corrected chi connectivity index (χ1v) is 6.91. The van der Waals surface area contributed by atoms with E-state index in [2.05, 4.69) is 5.32 Å². The molecule has 2 rings (SSSR count). The Balaban J connectivity index is 2.14. The van der Waals surface area contributed by atoms with Gasteiger partial charge in [-0.05, 0) is 30.2 Å². The zero-order valence-corrected chi connectivity index (χ0v) is 12.2. The normalized spacial score (nSPS) is 13.7. The highest BCUT2D eigenvalue weighted by molar-refractivity contribution is 5.32.